The molecule has 2 heterocycles. The van der Waals surface area contributed by atoms with Gasteiger partial charge in [-0.05, 0) is 13.0 Å². The monoisotopic (exact) mass is 328 g/mol. The predicted octanol–water partition coefficient (Wildman–Crippen LogP) is 0.536. The number of aliphatic hydroxyl groups is 1. The van der Waals surface area contributed by atoms with E-state index in [4.69, 9.17) is 0 Å². The minimum Gasteiger partial charge on any atom is -0.391 e. The van der Waals surface area contributed by atoms with Crippen molar-refractivity contribution in [2.75, 3.05) is 6.54 Å². The fourth-order valence-corrected chi connectivity index (χ4v) is 3.07. The van der Waals surface area contributed by atoms with Gasteiger partial charge in [0.05, 0.1) is 18.2 Å². The molecular weight excluding hydrogens is 308 g/mol. The maximum atomic E-state index is 12.4. The third-order valence-electron chi connectivity index (χ3n) is 4.25. The summed E-state index contributed by atoms with van der Waals surface area (Å²) in [6, 6.07) is 7.06. The quantitative estimate of drug-likeness (QED) is 0.857. The maximum Gasteiger partial charge on any atom is 0.243 e. The van der Waals surface area contributed by atoms with Gasteiger partial charge in [-0.2, -0.15) is 0 Å². The van der Waals surface area contributed by atoms with Crippen LogP contribution in [0.4, 0.5) is 0 Å². The number of β-amino-alcohol motifs (C(OH)–C–C–N with tert-alkyl or cyclic N) is 1. The first-order chi connectivity index (χ1) is 11.5. The standard InChI is InChI=1S/C17H20N4O3/c1-10-13-5-3-4-6-14(13)20-16(19-10)8-18-17(24)15-7-12(23)9-21(15)11(2)22/h3-6,12,15,23H,7-9H2,1-2H3,(H,18,24)/t12-,15-/m1/s1. The zero-order valence-electron chi connectivity index (χ0n) is 13.7. The van der Waals surface area contributed by atoms with E-state index >= 15 is 0 Å². The summed E-state index contributed by atoms with van der Waals surface area (Å²) < 4.78 is 0. The summed E-state index contributed by atoms with van der Waals surface area (Å²) in [6.45, 7) is 3.68. The summed E-state index contributed by atoms with van der Waals surface area (Å²) in [7, 11) is 0. The average Bonchev–Trinajstić information content (AvgIpc) is 2.95. The molecule has 126 valence electrons. The number of aryl methyl sites for hydroxylation is 1. The van der Waals surface area contributed by atoms with Crippen molar-refractivity contribution in [3.05, 3.63) is 35.8 Å². The molecule has 0 saturated carbocycles. The lowest BCUT2D eigenvalue weighted by Crippen LogP contribution is -2.45. The van der Waals surface area contributed by atoms with Gasteiger partial charge in [0.25, 0.3) is 0 Å². The number of likely N-dealkylation sites (tertiary alicyclic amines) is 1. The summed E-state index contributed by atoms with van der Waals surface area (Å²) in [5, 5.41) is 13.5. The lowest BCUT2D eigenvalue weighted by Gasteiger charge is -2.21. The van der Waals surface area contributed by atoms with Crippen LogP contribution in [0.15, 0.2) is 24.3 Å². The van der Waals surface area contributed by atoms with Crippen molar-refractivity contribution in [1.29, 1.82) is 0 Å². The van der Waals surface area contributed by atoms with E-state index in [0.717, 1.165) is 16.6 Å². The number of hydrogen-bond acceptors (Lipinski definition) is 5. The van der Waals surface area contributed by atoms with Crippen molar-refractivity contribution < 1.29 is 14.7 Å². The van der Waals surface area contributed by atoms with Crippen LogP contribution in [0, 0.1) is 6.92 Å². The Bertz CT molecular complexity index is 792. The van der Waals surface area contributed by atoms with Gasteiger partial charge in [0.2, 0.25) is 11.8 Å². The SMILES string of the molecule is CC(=O)N1C[C@H](O)C[C@@H]1C(=O)NCc1nc(C)c2ccccc2n1. The Morgan fingerprint density at radius 3 is 2.83 bits per heavy atom. The molecule has 1 aliphatic rings. The number of rotatable bonds is 3. The molecule has 1 aromatic heterocycles. The third-order valence-corrected chi connectivity index (χ3v) is 4.25. The Kier molecular flexibility index (Phi) is 4.44. The molecule has 0 spiro atoms. The smallest absolute Gasteiger partial charge is 0.243 e. The molecule has 2 aromatic rings. The highest BCUT2D eigenvalue weighted by molar-refractivity contribution is 5.87. The zero-order chi connectivity index (χ0) is 17.3. The van der Waals surface area contributed by atoms with Crippen LogP contribution < -0.4 is 5.32 Å². The van der Waals surface area contributed by atoms with E-state index in [1.165, 1.54) is 11.8 Å². The third kappa shape index (κ3) is 3.21. The van der Waals surface area contributed by atoms with Crippen molar-refractivity contribution in [1.82, 2.24) is 20.2 Å². The first-order valence-electron chi connectivity index (χ1n) is 7.91. The van der Waals surface area contributed by atoms with Gasteiger partial charge >= 0.3 is 0 Å². The van der Waals surface area contributed by atoms with Crippen LogP contribution in [0.1, 0.15) is 24.9 Å². The van der Waals surface area contributed by atoms with Crippen LogP contribution >= 0.6 is 0 Å². The Morgan fingerprint density at radius 1 is 1.33 bits per heavy atom. The molecule has 7 heteroatoms. The molecule has 1 aliphatic heterocycles. The molecule has 24 heavy (non-hydrogen) atoms. The second-order valence-electron chi connectivity index (χ2n) is 6.04. The Morgan fingerprint density at radius 2 is 2.08 bits per heavy atom. The van der Waals surface area contributed by atoms with Gasteiger partial charge in [-0.15, -0.1) is 0 Å². The largest absolute Gasteiger partial charge is 0.391 e. The van der Waals surface area contributed by atoms with Gasteiger partial charge in [-0.25, -0.2) is 9.97 Å². The van der Waals surface area contributed by atoms with E-state index in [1.54, 1.807) is 0 Å². The van der Waals surface area contributed by atoms with Crippen molar-refractivity contribution in [2.45, 2.75) is 39.0 Å². The van der Waals surface area contributed by atoms with Crippen LogP contribution in [0.25, 0.3) is 10.9 Å². The van der Waals surface area contributed by atoms with Gasteiger partial charge in [-0.3, -0.25) is 9.59 Å². The molecule has 7 nitrogen and oxygen atoms in total. The van der Waals surface area contributed by atoms with Crippen molar-refractivity contribution in [2.24, 2.45) is 0 Å². The van der Waals surface area contributed by atoms with Crippen LogP contribution in [-0.2, 0) is 16.1 Å². The van der Waals surface area contributed by atoms with Crippen molar-refractivity contribution >= 4 is 22.7 Å². The molecule has 0 bridgehead atoms. The van der Waals surface area contributed by atoms with E-state index in [-0.39, 0.29) is 31.3 Å². The number of benzene rings is 1. The van der Waals surface area contributed by atoms with Gasteiger partial charge in [0.15, 0.2) is 0 Å². The van der Waals surface area contributed by atoms with Crippen molar-refractivity contribution in [3.63, 3.8) is 0 Å². The summed E-state index contributed by atoms with van der Waals surface area (Å²) in [4.78, 5) is 34.2. The second kappa shape index (κ2) is 6.52. The highest BCUT2D eigenvalue weighted by atomic mass is 16.3. The highest BCUT2D eigenvalue weighted by Crippen LogP contribution is 2.18. The molecule has 0 radical (unpaired) electrons. The number of nitrogens with zero attached hydrogens (tertiary/aromatic N) is 3. The molecule has 2 amide bonds. The van der Waals surface area contributed by atoms with Gasteiger partial charge in [-0.1, -0.05) is 18.2 Å². The van der Waals surface area contributed by atoms with Crippen LogP contribution in [-0.4, -0.2) is 50.5 Å². The second-order valence-corrected chi connectivity index (χ2v) is 6.04. The van der Waals surface area contributed by atoms with E-state index < -0.39 is 12.1 Å². The number of carbonyl (C=O) groups excluding carboxylic acids is 2. The lowest BCUT2D eigenvalue weighted by molar-refractivity contribution is -0.137. The number of amides is 2. The number of fused-ring (bicyclic) bond motifs is 1. The molecule has 1 fully saturated rings. The molecule has 3 rings (SSSR count). The summed E-state index contributed by atoms with van der Waals surface area (Å²) in [5.74, 6) is 0.00753. The van der Waals surface area contributed by atoms with E-state index in [9.17, 15) is 14.7 Å². The molecule has 1 aromatic carbocycles. The summed E-state index contributed by atoms with van der Waals surface area (Å²) in [5.41, 5.74) is 1.68. The highest BCUT2D eigenvalue weighted by Gasteiger charge is 2.37. The maximum absolute atomic E-state index is 12.4. The number of aliphatic hydroxyl groups excluding tert-OH is 1. The Balaban J connectivity index is 1.71. The molecule has 2 atom stereocenters. The van der Waals surface area contributed by atoms with Crippen LogP contribution in [0.5, 0.6) is 0 Å². The van der Waals surface area contributed by atoms with E-state index in [1.807, 2.05) is 31.2 Å². The lowest BCUT2D eigenvalue weighted by atomic mass is 10.2. The van der Waals surface area contributed by atoms with Gasteiger partial charge in [0.1, 0.15) is 11.9 Å². The number of aromatic nitrogens is 2. The topological polar surface area (TPSA) is 95.4 Å². The molecule has 0 unspecified atom stereocenters. The minimum atomic E-state index is -0.663. The van der Waals surface area contributed by atoms with E-state index in [0.29, 0.717) is 5.82 Å². The summed E-state index contributed by atoms with van der Waals surface area (Å²) >= 11 is 0. The van der Waals surface area contributed by atoms with Gasteiger partial charge < -0.3 is 15.3 Å². The Hall–Kier alpha value is -2.54. The van der Waals surface area contributed by atoms with Crippen molar-refractivity contribution in [3.8, 4) is 0 Å². The molecule has 1 saturated heterocycles. The fraction of sp³-hybridized carbons (Fsp3) is 0.412. The van der Waals surface area contributed by atoms with Crippen LogP contribution in [0.2, 0.25) is 0 Å². The average molecular weight is 328 g/mol. The zero-order valence-corrected chi connectivity index (χ0v) is 13.7. The predicted molar refractivity (Wildman–Crippen MR) is 87.9 cm³/mol. The molecule has 0 aliphatic carbocycles. The summed E-state index contributed by atoms with van der Waals surface area (Å²) in [6.07, 6.45) is -0.410. The van der Waals surface area contributed by atoms with Crippen LogP contribution in [0.3, 0.4) is 0 Å². The van der Waals surface area contributed by atoms with E-state index in [2.05, 4.69) is 15.3 Å². The first-order valence-corrected chi connectivity index (χ1v) is 7.91. The normalized spacial score (nSPS) is 20.4. The Labute approximate surface area is 139 Å². The number of carbonyl (C=O) groups is 2. The minimum absolute atomic E-state index is 0.183. The van der Waals surface area contributed by atoms with Gasteiger partial charge in [0, 0.05) is 31.0 Å². The molecular formula is C17H20N4O3. The fourth-order valence-electron chi connectivity index (χ4n) is 3.07. The molecule has 2 N–H and O–H groups in total. The number of nitrogens with one attached hydrogen (secondary N) is 1. The first kappa shape index (κ1) is 16.3. The number of para-hydroxylation sites is 1. The number of hydrogen-bond donors (Lipinski definition) is 2.